The van der Waals surface area contributed by atoms with E-state index in [0.29, 0.717) is 142 Å². The molecule has 0 unspecified atom stereocenters. The third kappa shape index (κ3) is 29.3. The number of carbonyl (C=O) groups is 8. The number of amides is 5. The first kappa shape index (κ1) is 104. The molecule has 13 N–H and O–H groups in total. The Bertz CT molecular complexity index is 5140. The lowest BCUT2D eigenvalue weighted by Crippen LogP contribution is -2.38. The van der Waals surface area contributed by atoms with E-state index in [1.54, 1.807) is 6.07 Å². The van der Waals surface area contributed by atoms with Crippen molar-refractivity contribution in [1.82, 2.24) is 31.9 Å². The Kier molecular flexibility index (Phi) is 38.5. The number of benzene rings is 4. The summed E-state index contributed by atoms with van der Waals surface area (Å²) in [5, 5.41) is 21.3. The predicted molar refractivity (Wildman–Crippen MR) is 517 cm³/mol. The van der Waals surface area contributed by atoms with Crippen LogP contribution in [0.2, 0.25) is 0 Å². The van der Waals surface area contributed by atoms with Crippen molar-refractivity contribution in [2.45, 2.75) is 250 Å². The van der Waals surface area contributed by atoms with Gasteiger partial charge in [-0.15, -0.1) is 0 Å². The van der Waals surface area contributed by atoms with Gasteiger partial charge in [-0.2, -0.15) is 44.9 Å². The Labute approximate surface area is 790 Å². The van der Waals surface area contributed by atoms with Gasteiger partial charge in [0.2, 0.25) is 11.6 Å². The average Bonchev–Trinajstić information content (AvgIpc) is 1.58. The number of guanidine groups is 2. The number of urea groups is 1. The van der Waals surface area contributed by atoms with Crippen molar-refractivity contribution < 1.29 is 92.6 Å². The number of nitrogens with zero attached hydrogens (tertiary/aromatic N) is 4. The fraction of sp³-hybridized carbons (Fsp3) is 0.557. The Morgan fingerprint density at radius 2 is 1.17 bits per heavy atom. The summed E-state index contributed by atoms with van der Waals surface area (Å²) >= 11 is 3.74. The summed E-state index contributed by atoms with van der Waals surface area (Å²) in [5.74, 6) is 0.333. The Morgan fingerprint density at radius 3 is 1.74 bits per heavy atom. The summed E-state index contributed by atoms with van der Waals surface area (Å²) in [7, 11) is -6.44. The van der Waals surface area contributed by atoms with Crippen molar-refractivity contribution >= 4 is 126 Å². The number of allylic oxidation sites excluding steroid dienone is 7. The normalized spacial score (nSPS) is 20.3. The van der Waals surface area contributed by atoms with E-state index >= 15 is 0 Å². The molecule has 0 saturated carbocycles. The van der Waals surface area contributed by atoms with E-state index in [2.05, 4.69) is 114 Å². The highest BCUT2D eigenvalue weighted by Gasteiger charge is 2.46. The van der Waals surface area contributed by atoms with E-state index in [-0.39, 0.29) is 146 Å². The fourth-order valence-electron chi connectivity index (χ4n) is 18.5. The van der Waals surface area contributed by atoms with Crippen LogP contribution >= 0.6 is 23.5 Å². The van der Waals surface area contributed by atoms with E-state index < -0.39 is 67.3 Å². The molecular formula is C97H134N13O19S4+. The molecule has 0 spiro atoms. The number of nitrogens with one attached hydrogen (secondary N) is 7. The Morgan fingerprint density at radius 1 is 0.602 bits per heavy atom. The zero-order valence-corrected chi connectivity index (χ0v) is 80.9. The van der Waals surface area contributed by atoms with E-state index in [9.17, 15) is 64.3 Å². The van der Waals surface area contributed by atoms with Crippen molar-refractivity contribution in [3.8, 4) is 5.75 Å². The average molecular weight is 1910 g/mol. The zero-order chi connectivity index (χ0) is 95.4. The van der Waals surface area contributed by atoms with Crippen LogP contribution in [0.25, 0.3) is 0 Å². The van der Waals surface area contributed by atoms with Crippen molar-refractivity contribution in [3.63, 3.8) is 0 Å². The molecule has 724 valence electrons. The number of nitrogens with two attached hydrogens (primary N) is 2. The molecule has 36 heteroatoms. The third-order valence-corrected chi connectivity index (χ3v) is 30.3. The third-order valence-electron chi connectivity index (χ3n) is 25.6. The molecule has 2 saturated heterocycles. The highest BCUT2D eigenvalue weighted by Crippen LogP contribution is 2.50. The maximum Gasteiger partial charge on any atom is 0.319 e. The number of ketones is 2. The topological polar surface area (TPSA) is 459 Å². The highest BCUT2D eigenvalue weighted by atomic mass is 32.2. The second-order valence-electron chi connectivity index (χ2n) is 36.0. The van der Waals surface area contributed by atoms with Crippen LogP contribution in [-0.2, 0) is 74.0 Å². The number of para-hydroxylation sites is 1. The molecule has 6 aliphatic heterocycles. The van der Waals surface area contributed by atoms with Crippen LogP contribution in [0.3, 0.4) is 0 Å². The fourth-order valence-corrected chi connectivity index (χ4v) is 22.5. The van der Waals surface area contributed by atoms with Crippen molar-refractivity contribution in [3.05, 3.63) is 154 Å². The summed E-state index contributed by atoms with van der Waals surface area (Å²) in [4.78, 5) is 117. The summed E-state index contributed by atoms with van der Waals surface area (Å²) in [6, 6.07) is 23.2. The molecule has 4 aromatic rings. The number of aliphatic imine (C=N–C) groups is 2. The minimum absolute atomic E-state index is 0.0186. The van der Waals surface area contributed by atoms with Gasteiger partial charge in [-0.05, 0) is 187 Å². The zero-order valence-electron chi connectivity index (χ0n) is 77.6. The van der Waals surface area contributed by atoms with Gasteiger partial charge in [0.1, 0.15) is 29.6 Å². The minimum atomic E-state index is -4.56. The lowest BCUT2D eigenvalue weighted by molar-refractivity contribution is -0.438. The molecule has 32 nitrogen and oxygen atoms in total. The van der Waals surface area contributed by atoms with Crippen molar-refractivity contribution in [2.75, 3.05) is 102 Å². The van der Waals surface area contributed by atoms with Gasteiger partial charge in [-0.25, -0.2) is 14.8 Å². The number of ether oxygens (including phenoxy) is 5. The van der Waals surface area contributed by atoms with Gasteiger partial charge in [-0.3, -0.25) is 42.7 Å². The second kappa shape index (κ2) is 49.5. The summed E-state index contributed by atoms with van der Waals surface area (Å²) in [6.45, 7) is 13.4. The van der Waals surface area contributed by atoms with Crippen LogP contribution in [0.5, 0.6) is 5.75 Å². The highest BCUT2D eigenvalue weighted by molar-refractivity contribution is 8.00. The predicted octanol–water partition coefficient (Wildman–Crippen LogP) is 12.5. The number of hydrogen-bond acceptors (Lipinski definition) is 26. The summed E-state index contributed by atoms with van der Waals surface area (Å²) in [5.41, 5.74) is 18.8. The standard InChI is InChI=1S/C97H133N13O19S4/c1-8-9-49-109-79-31-15-14-30-75(79)96(2,3)83(109)43-35-63-26-23-27-64(88(63)129-72-37-39-73(40-38-72)132(119,120)121)36-44-84-97(4,5)76-60-74(133(122,123)124)41-42-80(76)110(84)50-22-10-11-34-85(113)100-47-51-127-53-54-128-52-48-103-95(118)104-69-56-67(89(114)101-45-20-18-24-65(91(116)125-6)58-70(111)28-12-16-32-81-86-77(61-130-81)105-93(98)107-86)55-68(57-69)90(115)102-46-21-19-25-66(92(117)126-7)59-71(112)29-13-17-33-82-87-78(62-131-82)106-94(99)108-87/h14-15,30-31,35-44,55-57,60,65-66,77-78,81-82,86-87H,8-13,16-29,32-34,45-54,58-59,61-62H2,1-7H3,(H12-,98,99,100,101,102,103,104,105,106,107,108,113,114,115,118,119,120,121,122,123,124)/p+1/t65-,66-,77+,78+,81+,82+,86+,87+/m1/s1. The SMILES string of the molecule is CCCC[N+]1=C(C=CC2=C(Oc3ccc(S(=O)(=O)O)cc3)C(=CC=C3N(CCCCCC(=O)NCCOCCOCCNC(=O)Nc4cc(C(=O)NCCCC[C@H](CC(=O)CCCC[C@@H]5SC[C@@H]6NC(N)=N[C@@H]65)C(=O)OC)cc(C(=O)NCCCC[C@H](CC(=O)CCCC[C@@H]5SC[C@@H]6NC(N)=N[C@@H]65)C(=O)OC)c4)c4ccc(S(=O)(=O)O)cc4C3(C)C)CCC2)C(C)(C)c2ccccc21. The first-order valence-electron chi connectivity index (χ1n) is 46.8. The maximum absolute atomic E-state index is 13.9. The number of Topliss-reactive ketones (excluding diaryl/α,β-unsaturated/α-hetero) is 2. The molecule has 133 heavy (non-hydrogen) atoms. The molecular weight excluding hydrogens is 1780 g/mol. The number of carbonyl (C=O) groups excluding carboxylic acids is 8. The molecule has 1 aliphatic carbocycles. The molecule has 5 amide bonds. The summed E-state index contributed by atoms with van der Waals surface area (Å²) < 4.78 is 100. The van der Waals surface area contributed by atoms with Crippen molar-refractivity contribution in [2.24, 2.45) is 33.3 Å². The molecule has 0 radical (unpaired) electrons. The smallest absolute Gasteiger partial charge is 0.319 e. The first-order chi connectivity index (χ1) is 63.7. The molecule has 7 aliphatic rings. The number of rotatable bonds is 54. The van der Waals surface area contributed by atoms with Crippen LogP contribution in [0.1, 0.15) is 227 Å². The van der Waals surface area contributed by atoms with Gasteiger partial charge in [0, 0.05) is 145 Å². The van der Waals surface area contributed by atoms with Gasteiger partial charge in [0.15, 0.2) is 17.6 Å². The Hall–Kier alpha value is -9.95. The molecule has 11 rings (SSSR count). The molecule has 8 atom stereocenters. The van der Waals surface area contributed by atoms with E-state index in [0.717, 1.165) is 91.2 Å². The minimum Gasteiger partial charge on any atom is -0.469 e. The van der Waals surface area contributed by atoms with E-state index in [4.69, 9.17) is 35.2 Å². The number of anilines is 2. The van der Waals surface area contributed by atoms with Crippen molar-refractivity contribution in [1.29, 1.82) is 0 Å². The lowest BCUT2D eigenvalue weighted by Gasteiger charge is -2.27. The van der Waals surface area contributed by atoms with Crippen LogP contribution < -0.4 is 58.3 Å². The quantitative estimate of drug-likeness (QED) is 0.00846. The monoisotopic (exact) mass is 1910 g/mol. The summed E-state index contributed by atoms with van der Waals surface area (Å²) in [6.07, 6.45) is 23.0. The van der Waals surface area contributed by atoms with Gasteiger partial charge >= 0.3 is 18.0 Å². The number of hydrogen-bond donors (Lipinski definition) is 11. The lowest BCUT2D eigenvalue weighted by atomic mass is 9.81. The number of methoxy groups -OCH3 is 2. The van der Waals surface area contributed by atoms with Gasteiger partial charge in [0.05, 0.1) is 91.9 Å². The van der Waals surface area contributed by atoms with Gasteiger partial charge < -0.3 is 77.3 Å². The van der Waals surface area contributed by atoms with Gasteiger partial charge in [-0.1, -0.05) is 83.6 Å². The molecule has 6 heterocycles. The maximum atomic E-state index is 13.9. The second-order valence-corrected chi connectivity index (χ2v) is 41.4. The van der Waals surface area contributed by atoms with Crippen LogP contribution in [0.15, 0.2) is 152 Å². The largest absolute Gasteiger partial charge is 0.469 e. The van der Waals surface area contributed by atoms with E-state index in [1.807, 2.05) is 49.5 Å². The molecule has 0 aromatic heterocycles. The molecule has 0 bridgehead atoms. The number of esters is 2. The van der Waals surface area contributed by atoms with Gasteiger partial charge in [0.25, 0.3) is 32.1 Å². The number of thioether (sulfide) groups is 2. The molecule has 4 aromatic carbocycles. The molecule has 2 fully saturated rings. The van der Waals surface area contributed by atoms with E-state index in [1.165, 1.54) is 80.1 Å². The number of fused-ring (bicyclic) bond motifs is 4. The first-order valence-corrected chi connectivity index (χ1v) is 51.7. The van der Waals surface area contributed by atoms with Crippen LogP contribution in [0.4, 0.5) is 21.9 Å². The van der Waals surface area contributed by atoms with Crippen LogP contribution in [-0.4, -0.2) is 221 Å². The Balaban J connectivity index is 0.627. The number of unbranched alkanes of at least 4 members (excludes halogenated alkanes) is 7. The van der Waals surface area contributed by atoms with Crippen LogP contribution in [0, 0.1) is 11.8 Å².